The second kappa shape index (κ2) is 9.47. The fourth-order valence-electron chi connectivity index (χ4n) is 4.81. The summed E-state index contributed by atoms with van der Waals surface area (Å²) in [4.78, 5) is 29.7. The van der Waals surface area contributed by atoms with Crippen molar-refractivity contribution in [2.45, 2.75) is 26.3 Å². The summed E-state index contributed by atoms with van der Waals surface area (Å²) in [6.07, 6.45) is 1.50. The highest BCUT2D eigenvalue weighted by atomic mass is 16.6. The lowest BCUT2D eigenvalue weighted by atomic mass is 9.94. The number of hydrogen-bond donors (Lipinski definition) is 1. The number of carbonyl (C=O) groups excluding carboxylic acids is 1. The van der Waals surface area contributed by atoms with Crippen molar-refractivity contribution < 1.29 is 14.6 Å². The molecule has 1 N–H and O–H groups in total. The smallest absolute Gasteiger partial charge is 0.292 e. The van der Waals surface area contributed by atoms with Crippen LogP contribution >= 0.6 is 0 Å². The highest BCUT2D eigenvalue weighted by molar-refractivity contribution is 5.79. The monoisotopic (exact) mass is 423 g/mol. The van der Waals surface area contributed by atoms with Gasteiger partial charge in [-0.3, -0.25) is 14.9 Å². The highest BCUT2D eigenvalue weighted by Gasteiger charge is 2.32. The van der Waals surface area contributed by atoms with Crippen molar-refractivity contribution in [3.05, 3.63) is 69.8 Å². The van der Waals surface area contributed by atoms with Gasteiger partial charge < -0.3 is 14.7 Å². The van der Waals surface area contributed by atoms with Crippen LogP contribution in [0.25, 0.3) is 0 Å². The van der Waals surface area contributed by atoms with Crippen molar-refractivity contribution >= 4 is 17.3 Å². The zero-order valence-electron chi connectivity index (χ0n) is 18.1. The molecule has 31 heavy (non-hydrogen) atoms. The van der Waals surface area contributed by atoms with Gasteiger partial charge in [-0.05, 0) is 31.4 Å². The van der Waals surface area contributed by atoms with Crippen LogP contribution in [0.5, 0.6) is 0 Å². The Kier molecular flexibility index (Phi) is 6.51. The maximum absolute atomic E-state index is 13.1. The van der Waals surface area contributed by atoms with E-state index in [2.05, 4.69) is 31.2 Å². The summed E-state index contributed by atoms with van der Waals surface area (Å²) in [5, 5.41) is 11.3. The Morgan fingerprint density at radius 3 is 2.35 bits per heavy atom. The molecule has 2 heterocycles. The molecule has 2 aromatic rings. The summed E-state index contributed by atoms with van der Waals surface area (Å²) >= 11 is 0. The molecule has 164 valence electrons. The number of hydrogen-bond acceptors (Lipinski definition) is 4. The first kappa shape index (κ1) is 21.3. The van der Waals surface area contributed by atoms with Crippen LogP contribution in [-0.2, 0) is 11.3 Å². The van der Waals surface area contributed by atoms with Crippen molar-refractivity contribution in [2.24, 2.45) is 5.92 Å². The van der Waals surface area contributed by atoms with Gasteiger partial charge in [-0.2, -0.15) is 0 Å². The van der Waals surface area contributed by atoms with Gasteiger partial charge in [0.05, 0.1) is 31.1 Å². The second-order valence-electron chi connectivity index (χ2n) is 8.69. The lowest BCUT2D eigenvalue weighted by Crippen LogP contribution is -3.13. The van der Waals surface area contributed by atoms with Crippen LogP contribution in [0.3, 0.4) is 0 Å². The number of benzene rings is 2. The molecule has 0 radical (unpaired) electrons. The van der Waals surface area contributed by atoms with Crippen molar-refractivity contribution in [3.63, 3.8) is 0 Å². The lowest BCUT2D eigenvalue weighted by Gasteiger charge is -2.37. The van der Waals surface area contributed by atoms with E-state index < -0.39 is 0 Å². The highest BCUT2D eigenvalue weighted by Crippen LogP contribution is 2.31. The molecule has 2 aromatic carbocycles. The fourth-order valence-corrected chi connectivity index (χ4v) is 4.81. The molecule has 2 aliphatic heterocycles. The topological polar surface area (TPSA) is 71.1 Å². The van der Waals surface area contributed by atoms with Crippen LogP contribution in [-0.4, -0.2) is 55.0 Å². The van der Waals surface area contributed by atoms with E-state index in [0.717, 1.165) is 45.6 Å². The fraction of sp³-hybridized carbons (Fsp3) is 0.458. The average molecular weight is 424 g/mol. The number of nitro groups is 1. The lowest BCUT2D eigenvalue weighted by molar-refractivity contribution is -0.917. The van der Waals surface area contributed by atoms with E-state index in [1.165, 1.54) is 16.0 Å². The maximum atomic E-state index is 13.1. The first-order valence-corrected chi connectivity index (χ1v) is 11.2. The summed E-state index contributed by atoms with van der Waals surface area (Å²) in [7, 11) is 0. The minimum Gasteiger partial charge on any atom is -0.366 e. The third kappa shape index (κ3) is 4.88. The molecule has 0 aliphatic carbocycles. The number of anilines is 1. The number of aryl methyl sites for hydroxylation is 1. The molecule has 0 aromatic heterocycles. The third-order valence-electron chi connectivity index (χ3n) is 6.75. The molecule has 0 bridgehead atoms. The number of rotatable bonds is 5. The normalized spacial score (nSPS) is 18.2. The van der Waals surface area contributed by atoms with Gasteiger partial charge in [0.2, 0.25) is 5.91 Å². The first-order valence-electron chi connectivity index (χ1n) is 11.2. The van der Waals surface area contributed by atoms with Crippen LogP contribution in [0.1, 0.15) is 24.0 Å². The van der Waals surface area contributed by atoms with E-state index in [0.29, 0.717) is 18.8 Å². The number of piperazine rings is 1. The number of nitro benzene ring substituents is 1. The largest absolute Gasteiger partial charge is 0.366 e. The number of quaternary nitrogens is 1. The van der Waals surface area contributed by atoms with Crippen LogP contribution in [0.15, 0.2) is 48.5 Å². The predicted molar refractivity (Wildman–Crippen MR) is 120 cm³/mol. The van der Waals surface area contributed by atoms with Crippen molar-refractivity contribution in [2.75, 3.05) is 44.2 Å². The van der Waals surface area contributed by atoms with Gasteiger partial charge in [0.1, 0.15) is 12.2 Å². The predicted octanol–water partition coefficient (Wildman–Crippen LogP) is 2.05. The van der Waals surface area contributed by atoms with E-state index in [4.69, 9.17) is 0 Å². The first-order chi connectivity index (χ1) is 15.0. The minimum atomic E-state index is -0.328. The van der Waals surface area contributed by atoms with Gasteiger partial charge in [-0.15, -0.1) is 0 Å². The van der Waals surface area contributed by atoms with Gasteiger partial charge in [-0.25, -0.2) is 0 Å². The Bertz CT molecular complexity index is 932. The van der Waals surface area contributed by atoms with E-state index in [9.17, 15) is 14.9 Å². The molecule has 1 amide bonds. The number of para-hydroxylation sites is 2. The van der Waals surface area contributed by atoms with Crippen LogP contribution in [0, 0.1) is 23.0 Å². The standard InChI is InChI=1S/C24H30N4O3/c1-19-6-2-3-7-21(19)18-25-14-16-27(17-15-25)24(29)20-10-12-26(13-11-20)22-8-4-5-9-23(22)28(30)31/h2-9,20H,10-18H2,1H3/p+1. The third-order valence-corrected chi connectivity index (χ3v) is 6.75. The molecule has 7 nitrogen and oxygen atoms in total. The van der Waals surface area contributed by atoms with Crippen molar-refractivity contribution in [1.29, 1.82) is 0 Å². The molecular formula is C24H31N4O3+. The SMILES string of the molecule is Cc1ccccc1C[NH+]1CCN(C(=O)C2CCN(c3ccccc3[N+](=O)[O-])CC2)CC1. The van der Waals surface area contributed by atoms with E-state index in [-0.39, 0.29) is 22.4 Å². The molecule has 0 atom stereocenters. The maximum Gasteiger partial charge on any atom is 0.292 e. The molecule has 2 saturated heterocycles. The molecule has 0 unspecified atom stereocenters. The molecular weight excluding hydrogens is 392 g/mol. The van der Waals surface area contributed by atoms with Crippen molar-refractivity contribution in [1.82, 2.24) is 4.90 Å². The van der Waals surface area contributed by atoms with Gasteiger partial charge in [-0.1, -0.05) is 36.4 Å². The number of nitrogens with one attached hydrogen (secondary N) is 1. The van der Waals surface area contributed by atoms with Crippen molar-refractivity contribution in [3.8, 4) is 0 Å². The molecule has 0 spiro atoms. The molecule has 7 heteroatoms. The van der Waals surface area contributed by atoms with E-state index >= 15 is 0 Å². The number of nitrogens with zero attached hydrogens (tertiary/aromatic N) is 3. The average Bonchev–Trinajstić information content (AvgIpc) is 2.81. The minimum absolute atomic E-state index is 0.0249. The summed E-state index contributed by atoms with van der Waals surface area (Å²) in [5.41, 5.74) is 3.52. The van der Waals surface area contributed by atoms with Crippen LogP contribution in [0.2, 0.25) is 0 Å². The van der Waals surface area contributed by atoms with Crippen LogP contribution < -0.4 is 9.80 Å². The number of amides is 1. The number of carbonyl (C=O) groups is 1. The van der Waals surface area contributed by atoms with Gasteiger partial charge in [0.15, 0.2) is 0 Å². The zero-order valence-corrected chi connectivity index (χ0v) is 18.1. The summed E-state index contributed by atoms with van der Waals surface area (Å²) in [5.74, 6) is 0.286. The van der Waals surface area contributed by atoms with Gasteiger partial charge in [0, 0.05) is 30.6 Å². The van der Waals surface area contributed by atoms with Crippen LogP contribution in [0.4, 0.5) is 11.4 Å². The Morgan fingerprint density at radius 1 is 1.03 bits per heavy atom. The Balaban J connectivity index is 1.28. The summed E-state index contributed by atoms with van der Waals surface area (Å²) < 4.78 is 0. The van der Waals surface area contributed by atoms with E-state index in [1.807, 2.05) is 15.9 Å². The Hall–Kier alpha value is -2.93. The van der Waals surface area contributed by atoms with Gasteiger partial charge in [0.25, 0.3) is 5.69 Å². The molecule has 2 aliphatic rings. The van der Waals surface area contributed by atoms with Gasteiger partial charge >= 0.3 is 0 Å². The quantitative estimate of drug-likeness (QED) is 0.590. The summed E-state index contributed by atoms with van der Waals surface area (Å²) in [6.45, 7) is 8.12. The number of piperidine rings is 1. The Morgan fingerprint density at radius 2 is 1.68 bits per heavy atom. The zero-order chi connectivity index (χ0) is 21.8. The second-order valence-corrected chi connectivity index (χ2v) is 8.69. The molecule has 4 rings (SSSR count). The molecule has 0 saturated carbocycles. The van der Waals surface area contributed by atoms with E-state index in [1.54, 1.807) is 18.2 Å². The molecule has 2 fully saturated rings. The Labute approximate surface area is 183 Å². The summed E-state index contributed by atoms with van der Waals surface area (Å²) in [6, 6.07) is 15.4.